The Hall–Kier alpha value is -1.80. The van der Waals surface area contributed by atoms with E-state index < -0.39 is 0 Å². The molecule has 0 aliphatic heterocycles. The maximum atomic E-state index is 5.71. The van der Waals surface area contributed by atoms with Gasteiger partial charge in [-0.2, -0.15) is 0 Å². The number of hydrogen-bond donors (Lipinski definition) is 0. The quantitative estimate of drug-likeness (QED) is 0.557. The van der Waals surface area contributed by atoms with Gasteiger partial charge in [0.1, 0.15) is 12.4 Å². The highest BCUT2D eigenvalue weighted by Crippen LogP contribution is 2.24. The van der Waals surface area contributed by atoms with Gasteiger partial charge in [-0.1, -0.05) is 42.5 Å². The normalized spacial score (nSPS) is 10.4. The van der Waals surface area contributed by atoms with Crippen molar-refractivity contribution in [1.82, 2.24) is 0 Å². The van der Waals surface area contributed by atoms with Crippen LogP contribution in [0.1, 0.15) is 0 Å². The molecule has 0 N–H and O–H groups in total. The molecule has 0 amide bonds. The van der Waals surface area contributed by atoms with Crippen LogP contribution in [0.4, 0.5) is 0 Å². The largest absolute Gasteiger partial charge is 0.491 e. The molecule has 0 saturated carbocycles. The SMILES string of the molecule is C=CCOCCOc1cccc2ccccc12. The molecule has 2 rings (SSSR count). The first-order chi connectivity index (χ1) is 8.42. The molecule has 0 aliphatic rings. The van der Waals surface area contributed by atoms with Gasteiger partial charge in [0, 0.05) is 5.39 Å². The molecule has 0 radical (unpaired) electrons. The molecule has 0 saturated heterocycles. The van der Waals surface area contributed by atoms with Gasteiger partial charge in [-0.3, -0.25) is 0 Å². The van der Waals surface area contributed by atoms with Gasteiger partial charge in [0.2, 0.25) is 0 Å². The first-order valence-electron chi connectivity index (χ1n) is 5.71. The van der Waals surface area contributed by atoms with Crippen LogP contribution < -0.4 is 4.74 Å². The minimum atomic E-state index is 0.557. The Balaban J connectivity index is 2.01. The van der Waals surface area contributed by atoms with E-state index in [0.717, 1.165) is 11.1 Å². The van der Waals surface area contributed by atoms with Crippen molar-refractivity contribution in [2.24, 2.45) is 0 Å². The monoisotopic (exact) mass is 228 g/mol. The Morgan fingerprint density at radius 1 is 1.00 bits per heavy atom. The summed E-state index contributed by atoms with van der Waals surface area (Å²) in [6.45, 7) is 5.30. The van der Waals surface area contributed by atoms with E-state index in [1.807, 2.05) is 24.3 Å². The maximum absolute atomic E-state index is 5.71. The number of ether oxygens (including phenoxy) is 2. The van der Waals surface area contributed by atoms with E-state index in [1.165, 1.54) is 5.39 Å². The van der Waals surface area contributed by atoms with E-state index in [1.54, 1.807) is 6.08 Å². The van der Waals surface area contributed by atoms with Crippen molar-refractivity contribution < 1.29 is 9.47 Å². The third-order valence-corrected chi connectivity index (χ3v) is 2.47. The van der Waals surface area contributed by atoms with E-state index in [4.69, 9.17) is 9.47 Å². The van der Waals surface area contributed by atoms with E-state index in [9.17, 15) is 0 Å². The molecule has 2 nitrogen and oxygen atoms in total. The Morgan fingerprint density at radius 2 is 1.82 bits per heavy atom. The summed E-state index contributed by atoms with van der Waals surface area (Å²) in [6, 6.07) is 14.3. The molecule has 0 heterocycles. The molecule has 0 atom stereocenters. The number of hydrogen-bond acceptors (Lipinski definition) is 2. The van der Waals surface area contributed by atoms with Crippen LogP contribution in [-0.4, -0.2) is 19.8 Å². The lowest BCUT2D eigenvalue weighted by Crippen LogP contribution is -2.06. The summed E-state index contributed by atoms with van der Waals surface area (Å²) in [5, 5.41) is 2.33. The Kier molecular flexibility index (Phi) is 4.17. The van der Waals surface area contributed by atoms with Gasteiger partial charge in [0.15, 0.2) is 0 Å². The molecule has 88 valence electrons. The summed E-state index contributed by atoms with van der Waals surface area (Å²) in [7, 11) is 0. The molecule has 0 fully saturated rings. The predicted octanol–water partition coefficient (Wildman–Crippen LogP) is 3.42. The van der Waals surface area contributed by atoms with Gasteiger partial charge in [-0.25, -0.2) is 0 Å². The molecule has 0 bridgehead atoms. The topological polar surface area (TPSA) is 18.5 Å². The minimum Gasteiger partial charge on any atom is -0.491 e. The fourth-order valence-electron chi connectivity index (χ4n) is 1.70. The third kappa shape index (κ3) is 3.08. The molecule has 17 heavy (non-hydrogen) atoms. The standard InChI is InChI=1S/C15H16O2/c1-2-10-16-11-12-17-15-9-5-7-13-6-3-4-8-14(13)15/h2-9H,1,10-12H2. The molecular weight excluding hydrogens is 212 g/mol. The number of fused-ring (bicyclic) bond motifs is 1. The summed E-state index contributed by atoms with van der Waals surface area (Å²) >= 11 is 0. The van der Waals surface area contributed by atoms with Crippen LogP contribution >= 0.6 is 0 Å². The molecule has 0 aromatic heterocycles. The Morgan fingerprint density at radius 3 is 2.71 bits per heavy atom. The van der Waals surface area contributed by atoms with Gasteiger partial charge < -0.3 is 9.47 Å². The van der Waals surface area contributed by atoms with Crippen LogP contribution in [0.15, 0.2) is 55.1 Å². The maximum Gasteiger partial charge on any atom is 0.127 e. The van der Waals surface area contributed by atoms with Gasteiger partial charge in [-0.05, 0) is 11.5 Å². The Bertz CT molecular complexity index is 486. The van der Waals surface area contributed by atoms with Crippen LogP contribution in [0.25, 0.3) is 10.8 Å². The fourth-order valence-corrected chi connectivity index (χ4v) is 1.70. The molecule has 2 heteroatoms. The second-order valence-corrected chi connectivity index (χ2v) is 3.69. The second-order valence-electron chi connectivity index (χ2n) is 3.69. The first kappa shape index (κ1) is 11.7. The van der Waals surface area contributed by atoms with Crippen molar-refractivity contribution in [3.05, 3.63) is 55.1 Å². The van der Waals surface area contributed by atoms with Crippen molar-refractivity contribution in [1.29, 1.82) is 0 Å². The van der Waals surface area contributed by atoms with Crippen molar-refractivity contribution in [2.75, 3.05) is 19.8 Å². The smallest absolute Gasteiger partial charge is 0.127 e. The zero-order chi connectivity index (χ0) is 11.9. The highest BCUT2D eigenvalue weighted by molar-refractivity contribution is 5.88. The first-order valence-corrected chi connectivity index (χ1v) is 5.71. The van der Waals surface area contributed by atoms with Crippen LogP contribution in [0.2, 0.25) is 0 Å². The Labute approximate surface area is 101 Å². The van der Waals surface area contributed by atoms with E-state index in [-0.39, 0.29) is 0 Å². The van der Waals surface area contributed by atoms with Gasteiger partial charge >= 0.3 is 0 Å². The van der Waals surface area contributed by atoms with Crippen LogP contribution in [0.5, 0.6) is 5.75 Å². The number of rotatable bonds is 6. The average Bonchev–Trinajstić information content (AvgIpc) is 2.39. The van der Waals surface area contributed by atoms with Crippen LogP contribution in [0.3, 0.4) is 0 Å². The molecule has 0 unspecified atom stereocenters. The summed E-state index contributed by atoms with van der Waals surface area (Å²) in [5.41, 5.74) is 0. The van der Waals surface area contributed by atoms with Gasteiger partial charge in [-0.15, -0.1) is 6.58 Å². The highest BCUT2D eigenvalue weighted by Gasteiger charge is 2.00. The lowest BCUT2D eigenvalue weighted by molar-refractivity contribution is 0.122. The summed E-state index contributed by atoms with van der Waals surface area (Å²) in [4.78, 5) is 0. The fraction of sp³-hybridized carbons (Fsp3) is 0.200. The van der Waals surface area contributed by atoms with Crippen molar-refractivity contribution in [2.45, 2.75) is 0 Å². The van der Waals surface area contributed by atoms with Crippen LogP contribution in [0, 0.1) is 0 Å². The van der Waals surface area contributed by atoms with Crippen molar-refractivity contribution >= 4 is 10.8 Å². The van der Waals surface area contributed by atoms with E-state index in [0.29, 0.717) is 19.8 Å². The molecule has 2 aromatic carbocycles. The predicted molar refractivity (Wildman–Crippen MR) is 70.5 cm³/mol. The van der Waals surface area contributed by atoms with Crippen molar-refractivity contribution in [3.8, 4) is 5.75 Å². The van der Waals surface area contributed by atoms with Crippen molar-refractivity contribution in [3.63, 3.8) is 0 Å². The molecule has 0 aliphatic carbocycles. The second kappa shape index (κ2) is 6.06. The van der Waals surface area contributed by atoms with E-state index >= 15 is 0 Å². The lowest BCUT2D eigenvalue weighted by atomic mass is 10.1. The zero-order valence-corrected chi connectivity index (χ0v) is 9.76. The highest BCUT2D eigenvalue weighted by atomic mass is 16.5. The lowest BCUT2D eigenvalue weighted by Gasteiger charge is -2.09. The minimum absolute atomic E-state index is 0.557. The van der Waals surface area contributed by atoms with E-state index in [2.05, 4.69) is 24.8 Å². The molecule has 0 spiro atoms. The summed E-state index contributed by atoms with van der Waals surface area (Å²) < 4.78 is 11.0. The summed E-state index contributed by atoms with van der Waals surface area (Å²) in [5.74, 6) is 0.908. The molecular formula is C15H16O2. The summed E-state index contributed by atoms with van der Waals surface area (Å²) in [6.07, 6.45) is 1.73. The third-order valence-electron chi connectivity index (χ3n) is 2.47. The average molecular weight is 228 g/mol. The number of benzene rings is 2. The molecule has 2 aromatic rings. The van der Waals surface area contributed by atoms with Gasteiger partial charge in [0.25, 0.3) is 0 Å². The van der Waals surface area contributed by atoms with Crippen LogP contribution in [-0.2, 0) is 4.74 Å². The zero-order valence-electron chi connectivity index (χ0n) is 9.76. The van der Waals surface area contributed by atoms with Gasteiger partial charge in [0.05, 0.1) is 13.2 Å².